The van der Waals surface area contributed by atoms with Gasteiger partial charge in [-0.1, -0.05) is 30.3 Å². The molecular formula is C18H24N2O. The molecule has 0 amide bonds. The van der Waals surface area contributed by atoms with Crippen molar-refractivity contribution in [1.82, 2.24) is 10.2 Å². The van der Waals surface area contributed by atoms with Crippen molar-refractivity contribution in [2.75, 3.05) is 27.2 Å². The summed E-state index contributed by atoms with van der Waals surface area (Å²) in [6.45, 7) is 3.26. The van der Waals surface area contributed by atoms with Crippen molar-refractivity contribution in [3.05, 3.63) is 42.0 Å². The van der Waals surface area contributed by atoms with Gasteiger partial charge in [0.1, 0.15) is 5.75 Å². The highest BCUT2D eigenvalue weighted by Gasteiger charge is 2.16. The standard InChI is InChI=1S/C18H24N2O/c1-20(13-15-6-5-11-19-15)12-14-9-10-18(21-2)17-8-4-3-7-16(14)17/h3-4,7-10,15,19H,5-6,11-13H2,1-2H3. The van der Waals surface area contributed by atoms with Crippen LogP contribution in [0.25, 0.3) is 10.8 Å². The molecule has 1 fully saturated rings. The van der Waals surface area contributed by atoms with E-state index in [0.717, 1.165) is 18.8 Å². The third-order valence-corrected chi connectivity index (χ3v) is 4.33. The van der Waals surface area contributed by atoms with Crippen LogP contribution < -0.4 is 10.1 Å². The van der Waals surface area contributed by atoms with Gasteiger partial charge in [0, 0.05) is 24.5 Å². The Morgan fingerprint density at radius 2 is 2.00 bits per heavy atom. The van der Waals surface area contributed by atoms with Crippen LogP contribution in [-0.2, 0) is 6.54 Å². The number of methoxy groups -OCH3 is 1. The number of fused-ring (bicyclic) bond motifs is 1. The third kappa shape index (κ3) is 3.20. The Morgan fingerprint density at radius 3 is 2.71 bits per heavy atom. The van der Waals surface area contributed by atoms with Crippen molar-refractivity contribution < 1.29 is 4.74 Å². The van der Waals surface area contributed by atoms with E-state index in [1.807, 2.05) is 0 Å². The highest BCUT2D eigenvalue weighted by molar-refractivity contribution is 5.91. The molecule has 1 aliphatic heterocycles. The largest absolute Gasteiger partial charge is 0.496 e. The predicted molar refractivity (Wildman–Crippen MR) is 87.9 cm³/mol. The van der Waals surface area contributed by atoms with Crippen LogP contribution in [0.4, 0.5) is 0 Å². The van der Waals surface area contributed by atoms with Crippen LogP contribution in [0.3, 0.4) is 0 Å². The van der Waals surface area contributed by atoms with Gasteiger partial charge in [0.15, 0.2) is 0 Å². The van der Waals surface area contributed by atoms with Gasteiger partial charge in [-0.2, -0.15) is 0 Å². The average Bonchev–Trinajstić information content (AvgIpc) is 3.00. The third-order valence-electron chi connectivity index (χ3n) is 4.33. The first kappa shape index (κ1) is 14.4. The smallest absolute Gasteiger partial charge is 0.126 e. The Bertz CT molecular complexity index is 605. The zero-order chi connectivity index (χ0) is 14.7. The van der Waals surface area contributed by atoms with Gasteiger partial charge in [-0.15, -0.1) is 0 Å². The Kier molecular flexibility index (Phi) is 4.42. The van der Waals surface area contributed by atoms with Gasteiger partial charge in [-0.05, 0) is 43.5 Å². The summed E-state index contributed by atoms with van der Waals surface area (Å²) in [6, 6.07) is 13.4. The van der Waals surface area contributed by atoms with Gasteiger partial charge >= 0.3 is 0 Å². The van der Waals surface area contributed by atoms with E-state index in [0.29, 0.717) is 6.04 Å². The summed E-state index contributed by atoms with van der Waals surface area (Å²) in [5.74, 6) is 0.953. The van der Waals surface area contributed by atoms with Gasteiger partial charge in [-0.3, -0.25) is 0 Å². The lowest BCUT2D eigenvalue weighted by Crippen LogP contribution is -2.34. The van der Waals surface area contributed by atoms with E-state index in [4.69, 9.17) is 4.74 Å². The van der Waals surface area contributed by atoms with Gasteiger partial charge < -0.3 is 15.0 Å². The minimum absolute atomic E-state index is 0.652. The summed E-state index contributed by atoms with van der Waals surface area (Å²) in [5, 5.41) is 6.06. The van der Waals surface area contributed by atoms with Crippen molar-refractivity contribution in [3.8, 4) is 5.75 Å². The summed E-state index contributed by atoms with van der Waals surface area (Å²) in [7, 11) is 3.94. The fourth-order valence-corrected chi connectivity index (χ4v) is 3.29. The van der Waals surface area contributed by atoms with E-state index in [2.05, 4.69) is 53.7 Å². The minimum atomic E-state index is 0.652. The van der Waals surface area contributed by atoms with Crippen LogP contribution in [0.5, 0.6) is 5.75 Å². The van der Waals surface area contributed by atoms with E-state index in [1.54, 1.807) is 7.11 Å². The summed E-state index contributed by atoms with van der Waals surface area (Å²) in [5.41, 5.74) is 1.37. The van der Waals surface area contributed by atoms with Crippen molar-refractivity contribution in [2.24, 2.45) is 0 Å². The molecule has 2 aromatic rings. The second-order valence-electron chi connectivity index (χ2n) is 5.96. The molecule has 3 rings (SSSR count). The minimum Gasteiger partial charge on any atom is -0.496 e. The van der Waals surface area contributed by atoms with E-state index >= 15 is 0 Å². The van der Waals surface area contributed by atoms with Gasteiger partial charge in [0.25, 0.3) is 0 Å². The summed E-state index contributed by atoms with van der Waals surface area (Å²) < 4.78 is 5.47. The molecule has 112 valence electrons. The molecular weight excluding hydrogens is 260 g/mol. The Balaban J connectivity index is 1.80. The molecule has 3 nitrogen and oxygen atoms in total. The number of nitrogens with one attached hydrogen (secondary N) is 1. The van der Waals surface area contributed by atoms with E-state index in [-0.39, 0.29) is 0 Å². The molecule has 1 heterocycles. The van der Waals surface area contributed by atoms with Crippen LogP contribution in [0.2, 0.25) is 0 Å². The number of benzene rings is 2. The predicted octanol–water partition coefficient (Wildman–Crippen LogP) is 3.03. The highest BCUT2D eigenvalue weighted by atomic mass is 16.5. The number of nitrogens with zero attached hydrogens (tertiary/aromatic N) is 1. The summed E-state index contributed by atoms with van der Waals surface area (Å²) >= 11 is 0. The molecule has 0 spiro atoms. The molecule has 0 radical (unpaired) electrons. The van der Waals surface area contributed by atoms with Gasteiger partial charge in [0.2, 0.25) is 0 Å². The zero-order valence-corrected chi connectivity index (χ0v) is 12.9. The molecule has 1 atom stereocenters. The maximum absolute atomic E-state index is 5.47. The number of hydrogen-bond acceptors (Lipinski definition) is 3. The molecule has 0 aromatic heterocycles. The Hall–Kier alpha value is -1.58. The summed E-state index contributed by atoms with van der Waals surface area (Å²) in [6.07, 6.45) is 2.61. The molecule has 2 aromatic carbocycles. The molecule has 1 unspecified atom stereocenters. The zero-order valence-electron chi connectivity index (χ0n) is 12.9. The van der Waals surface area contributed by atoms with Gasteiger partial charge in [0.05, 0.1) is 7.11 Å². The molecule has 1 N–H and O–H groups in total. The number of rotatable bonds is 5. The second-order valence-corrected chi connectivity index (χ2v) is 5.96. The van der Waals surface area contributed by atoms with Crippen molar-refractivity contribution in [1.29, 1.82) is 0 Å². The van der Waals surface area contributed by atoms with Crippen LogP contribution >= 0.6 is 0 Å². The van der Waals surface area contributed by atoms with E-state index < -0.39 is 0 Å². The molecule has 0 aliphatic carbocycles. The van der Waals surface area contributed by atoms with Crippen LogP contribution in [0, 0.1) is 0 Å². The lowest BCUT2D eigenvalue weighted by molar-refractivity contribution is 0.294. The van der Waals surface area contributed by atoms with Crippen molar-refractivity contribution >= 4 is 10.8 Å². The quantitative estimate of drug-likeness (QED) is 0.913. The number of likely N-dealkylation sites (N-methyl/N-ethyl adjacent to an activating group) is 1. The molecule has 0 saturated carbocycles. The monoisotopic (exact) mass is 284 g/mol. The van der Waals surface area contributed by atoms with Crippen molar-refractivity contribution in [3.63, 3.8) is 0 Å². The molecule has 0 bridgehead atoms. The first-order valence-corrected chi connectivity index (χ1v) is 7.74. The number of hydrogen-bond donors (Lipinski definition) is 1. The Morgan fingerprint density at radius 1 is 1.19 bits per heavy atom. The second kappa shape index (κ2) is 6.46. The highest BCUT2D eigenvalue weighted by Crippen LogP contribution is 2.28. The lowest BCUT2D eigenvalue weighted by Gasteiger charge is -2.22. The van der Waals surface area contributed by atoms with E-state index in [9.17, 15) is 0 Å². The first-order valence-electron chi connectivity index (χ1n) is 7.74. The van der Waals surface area contributed by atoms with Gasteiger partial charge in [-0.25, -0.2) is 0 Å². The topological polar surface area (TPSA) is 24.5 Å². The maximum atomic E-state index is 5.47. The molecule has 1 saturated heterocycles. The first-order chi connectivity index (χ1) is 10.3. The maximum Gasteiger partial charge on any atom is 0.126 e. The average molecular weight is 284 g/mol. The summed E-state index contributed by atoms with van der Waals surface area (Å²) in [4.78, 5) is 2.41. The fourth-order valence-electron chi connectivity index (χ4n) is 3.29. The normalized spacial score (nSPS) is 18.5. The SMILES string of the molecule is COc1ccc(CN(C)CC2CCCN2)c2ccccc12. The van der Waals surface area contributed by atoms with Crippen LogP contribution in [0.15, 0.2) is 36.4 Å². The molecule has 21 heavy (non-hydrogen) atoms. The molecule has 1 aliphatic rings. The van der Waals surface area contributed by atoms with E-state index in [1.165, 1.54) is 35.7 Å². The lowest BCUT2D eigenvalue weighted by atomic mass is 10.0. The van der Waals surface area contributed by atoms with Crippen LogP contribution in [-0.4, -0.2) is 38.2 Å². The Labute approximate surface area is 126 Å². The van der Waals surface area contributed by atoms with Crippen molar-refractivity contribution in [2.45, 2.75) is 25.4 Å². The number of ether oxygens (including phenoxy) is 1. The molecule has 3 heteroatoms. The van der Waals surface area contributed by atoms with Crippen LogP contribution in [0.1, 0.15) is 18.4 Å². The fraction of sp³-hybridized carbons (Fsp3) is 0.444.